The van der Waals surface area contributed by atoms with E-state index in [0.29, 0.717) is 18.0 Å². The number of urea groups is 1. The molecule has 2 fully saturated rings. The van der Waals surface area contributed by atoms with E-state index >= 15 is 0 Å². The first-order chi connectivity index (χ1) is 12.1. The van der Waals surface area contributed by atoms with Gasteiger partial charge in [-0.05, 0) is 44.9 Å². The van der Waals surface area contributed by atoms with E-state index < -0.39 is 6.03 Å². The zero-order valence-corrected chi connectivity index (χ0v) is 14.3. The Hall–Kier alpha value is -2.41. The molecule has 1 aromatic carbocycles. The lowest BCUT2D eigenvalue weighted by atomic mass is 9.81. The number of anilines is 1. The number of primary amides is 1. The Kier molecular flexibility index (Phi) is 4.17. The summed E-state index contributed by atoms with van der Waals surface area (Å²) in [7, 11) is 2.20. The van der Waals surface area contributed by atoms with Gasteiger partial charge in [0.15, 0.2) is 0 Å². The maximum atomic E-state index is 12.4. The number of carbonyl (C=O) groups excluding carboxylic acids is 1. The second-order valence-electron chi connectivity index (χ2n) is 7.00. The molecule has 0 saturated carbocycles. The molecule has 0 aliphatic carbocycles. The first kappa shape index (κ1) is 16.1. The normalized spacial score (nSPS) is 26.4. The molecule has 2 bridgehead atoms. The molecular formula is C18H23N5O2. The van der Waals surface area contributed by atoms with Crippen LogP contribution in [0.25, 0.3) is 11.5 Å². The Morgan fingerprint density at radius 2 is 2.00 bits per heavy atom. The van der Waals surface area contributed by atoms with Crippen LogP contribution in [0, 0.1) is 0 Å². The van der Waals surface area contributed by atoms with E-state index in [1.54, 1.807) is 4.90 Å². The van der Waals surface area contributed by atoms with Crippen LogP contribution in [0.4, 0.5) is 10.5 Å². The Morgan fingerprint density at radius 3 is 2.64 bits per heavy atom. The van der Waals surface area contributed by atoms with Crippen LogP contribution in [-0.2, 0) is 0 Å². The molecule has 2 aliphatic rings. The van der Waals surface area contributed by atoms with E-state index in [2.05, 4.69) is 22.1 Å². The lowest BCUT2D eigenvalue weighted by Crippen LogP contribution is -2.57. The molecule has 3 atom stereocenters. The van der Waals surface area contributed by atoms with E-state index in [1.807, 2.05) is 24.3 Å². The van der Waals surface area contributed by atoms with Crippen LogP contribution in [-0.4, -0.2) is 46.3 Å². The molecule has 3 heterocycles. The number of aromatic nitrogens is 2. The molecule has 0 spiro atoms. The zero-order valence-electron chi connectivity index (χ0n) is 14.3. The number of hydrogen-bond acceptors (Lipinski definition) is 5. The smallest absolute Gasteiger partial charge is 0.319 e. The lowest BCUT2D eigenvalue weighted by molar-refractivity contribution is 0.0564. The van der Waals surface area contributed by atoms with Gasteiger partial charge >= 0.3 is 6.03 Å². The van der Waals surface area contributed by atoms with Crippen molar-refractivity contribution in [3.63, 3.8) is 0 Å². The van der Waals surface area contributed by atoms with Crippen LogP contribution in [0.5, 0.6) is 0 Å². The van der Waals surface area contributed by atoms with Crippen molar-refractivity contribution in [1.29, 1.82) is 0 Å². The van der Waals surface area contributed by atoms with Gasteiger partial charge in [0.05, 0.1) is 11.3 Å². The number of benzene rings is 1. The van der Waals surface area contributed by atoms with Crippen molar-refractivity contribution in [2.75, 3.05) is 11.9 Å². The molecule has 25 heavy (non-hydrogen) atoms. The van der Waals surface area contributed by atoms with Gasteiger partial charge in [0.25, 0.3) is 0 Å². The third kappa shape index (κ3) is 2.89. The number of nitrogens with two attached hydrogens (primary N) is 1. The van der Waals surface area contributed by atoms with Crippen LogP contribution in [0.2, 0.25) is 0 Å². The molecule has 132 valence electrons. The summed E-state index contributed by atoms with van der Waals surface area (Å²) in [6.07, 6.45) is 6.80. The van der Waals surface area contributed by atoms with Crippen molar-refractivity contribution in [3.05, 3.63) is 30.7 Å². The van der Waals surface area contributed by atoms with E-state index in [9.17, 15) is 4.79 Å². The number of nitrogens with zero attached hydrogens (tertiary/aromatic N) is 4. The number of para-hydroxylation sites is 1. The minimum Gasteiger partial charge on any atom is -0.423 e. The molecule has 0 unspecified atom stereocenters. The Balaban J connectivity index is 1.71. The molecule has 7 heteroatoms. The maximum Gasteiger partial charge on any atom is 0.319 e. The molecule has 4 rings (SSSR count). The number of hydrogen-bond donors (Lipinski definition) is 1. The first-order valence-corrected chi connectivity index (χ1v) is 8.81. The van der Waals surface area contributed by atoms with E-state index in [4.69, 9.17) is 10.2 Å². The topological polar surface area (TPSA) is 88.5 Å². The predicted molar refractivity (Wildman–Crippen MR) is 94.0 cm³/mol. The van der Waals surface area contributed by atoms with E-state index in [0.717, 1.165) is 24.1 Å². The highest BCUT2D eigenvalue weighted by molar-refractivity contribution is 5.95. The van der Waals surface area contributed by atoms with Crippen molar-refractivity contribution < 1.29 is 9.21 Å². The summed E-state index contributed by atoms with van der Waals surface area (Å²) in [5.41, 5.74) is 7.29. The fraction of sp³-hybridized carbons (Fsp3) is 0.500. The van der Waals surface area contributed by atoms with Gasteiger partial charge in [0.2, 0.25) is 12.3 Å². The van der Waals surface area contributed by atoms with Gasteiger partial charge in [-0.15, -0.1) is 10.2 Å². The fourth-order valence-electron chi connectivity index (χ4n) is 4.45. The Labute approximate surface area is 146 Å². The van der Waals surface area contributed by atoms with Crippen LogP contribution in [0.1, 0.15) is 32.1 Å². The first-order valence-electron chi connectivity index (χ1n) is 8.81. The van der Waals surface area contributed by atoms with Gasteiger partial charge < -0.3 is 15.1 Å². The zero-order chi connectivity index (χ0) is 17.4. The largest absolute Gasteiger partial charge is 0.423 e. The molecule has 2 saturated heterocycles. The molecule has 7 nitrogen and oxygen atoms in total. The van der Waals surface area contributed by atoms with Crippen molar-refractivity contribution >= 4 is 11.7 Å². The summed E-state index contributed by atoms with van der Waals surface area (Å²) in [5, 5.41) is 7.75. The van der Waals surface area contributed by atoms with Gasteiger partial charge in [-0.25, -0.2) is 4.79 Å². The van der Waals surface area contributed by atoms with Gasteiger partial charge in [-0.2, -0.15) is 0 Å². The highest BCUT2D eigenvalue weighted by Crippen LogP contribution is 2.38. The van der Waals surface area contributed by atoms with Gasteiger partial charge in [0.1, 0.15) is 0 Å². The van der Waals surface area contributed by atoms with Gasteiger partial charge in [-0.3, -0.25) is 4.90 Å². The quantitative estimate of drug-likeness (QED) is 0.927. The highest BCUT2D eigenvalue weighted by Gasteiger charge is 2.40. The lowest BCUT2D eigenvalue weighted by Gasteiger charge is -2.49. The number of carbonyl (C=O) groups is 1. The molecule has 2 N–H and O–H groups in total. The number of amides is 2. The van der Waals surface area contributed by atoms with E-state index in [1.165, 1.54) is 25.7 Å². The average Bonchev–Trinajstić information content (AvgIpc) is 3.10. The Bertz CT molecular complexity index is 734. The summed E-state index contributed by atoms with van der Waals surface area (Å²) in [6, 6.07) is 8.26. The van der Waals surface area contributed by atoms with Crippen molar-refractivity contribution in [2.45, 2.75) is 50.2 Å². The third-order valence-corrected chi connectivity index (χ3v) is 5.67. The average molecular weight is 341 g/mol. The third-order valence-electron chi connectivity index (χ3n) is 5.67. The van der Waals surface area contributed by atoms with Crippen molar-refractivity contribution in [2.24, 2.45) is 5.73 Å². The SMILES string of the molecule is CN1[C@@H]2CCC[C@H]1C[C@@H](N(C(N)=O)c1ccccc1-c1nnco1)C2. The summed E-state index contributed by atoms with van der Waals surface area (Å²) in [4.78, 5) is 16.6. The van der Waals surface area contributed by atoms with Crippen molar-refractivity contribution in [1.82, 2.24) is 15.1 Å². The minimum absolute atomic E-state index is 0.0908. The minimum atomic E-state index is -0.431. The standard InChI is InChI=1S/C18H23N5O2/c1-22-12-5-4-6-13(22)10-14(9-12)23(18(19)24)16-8-3-2-7-15(16)17-21-20-11-25-17/h2-3,7-8,11-14H,4-6,9-10H2,1H3,(H2,19,24)/t12-,13+,14+. The fourth-order valence-corrected chi connectivity index (χ4v) is 4.45. The number of rotatable bonds is 3. The summed E-state index contributed by atoms with van der Waals surface area (Å²) in [6.45, 7) is 0. The summed E-state index contributed by atoms with van der Waals surface area (Å²) >= 11 is 0. The number of piperidine rings is 2. The molecule has 0 radical (unpaired) electrons. The number of fused-ring (bicyclic) bond motifs is 2. The van der Waals surface area contributed by atoms with Gasteiger partial charge in [-0.1, -0.05) is 18.6 Å². The van der Waals surface area contributed by atoms with Crippen LogP contribution < -0.4 is 10.6 Å². The molecule has 2 aromatic rings. The van der Waals surface area contributed by atoms with Crippen LogP contribution >= 0.6 is 0 Å². The van der Waals surface area contributed by atoms with Crippen LogP contribution in [0.3, 0.4) is 0 Å². The predicted octanol–water partition coefficient (Wildman–Crippen LogP) is 2.64. The molecule has 2 amide bonds. The Morgan fingerprint density at radius 1 is 1.28 bits per heavy atom. The summed E-state index contributed by atoms with van der Waals surface area (Å²) < 4.78 is 5.36. The van der Waals surface area contributed by atoms with Gasteiger partial charge in [0, 0.05) is 18.1 Å². The van der Waals surface area contributed by atoms with Crippen LogP contribution in [0.15, 0.2) is 35.1 Å². The molecule has 1 aromatic heterocycles. The molecule has 2 aliphatic heterocycles. The monoisotopic (exact) mass is 341 g/mol. The van der Waals surface area contributed by atoms with E-state index in [-0.39, 0.29) is 6.04 Å². The maximum absolute atomic E-state index is 12.4. The summed E-state index contributed by atoms with van der Waals surface area (Å²) in [5.74, 6) is 0.398. The highest BCUT2D eigenvalue weighted by atomic mass is 16.4. The molecular weight excluding hydrogens is 318 g/mol. The second kappa shape index (κ2) is 6.48. The van der Waals surface area contributed by atoms with Crippen molar-refractivity contribution in [3.8, 4) is 11.5 Å². The second-order valence-corrected chi connectivity index (χ2v) is 7.00.